The van der Waals surface area contributed by atoms with Gasteiger partial charge in [-0.25, -0.2) is 9.37 Å². The average molecular weight is 306 g/mol. The first-order valence-corrected chi connectivity index (χ1v) is 5.99. The Bertz CT molecular complexity index is 616. The maximum Gasteiger partial charge on any atom is 0.416 e. The lowest BCUT2D eigenvalue weighted by atomic mass is 10.2. The third kappa shape index (κ3) is 3.39. The van der Waals surface area contributed by atoms with E-state index in [0.717, 1.165) is 24.4 Å². The molecule has 20 heavy (non-hydrogen) atoms. The molecule has 0 aliphatic rings. The summed E-state index contributed by atoms with van der Waals surface area (Å²) in [6.07, 6.45) is -3.57. The highest BCUT2D eigenvalue weighted by Crippen LogP contribution is 2.33. The molecule has 0 atom stereocenters. The predicted molar refractivity (Wildman–Crippen MR) is 65.3 cm³/mol. The number of pyridine rings is 1. The van der Waals surface area contributed by atoms with Gasteiger partial charge in [0.2, 0.25) is 5.88 Å². The van der Waals surface area contributed by atoms with Crippen molar-refractivity contribution in [2.75, 3.05) is 0 Å². The monoisotopic (exact) mass is 305 g/mol. The zero-order valence-corrected chi connectivity index (χ0v) is 10.7. The van der Waals surface area contributed by atoms with Crippen molar-refractivity contribution < 1.29 is 22.3 Å². The Kier molecular flexibility index (Phi) is 4.13. The molecule has 1 aromatic carbocycles. The molecule has 0 amide bonds. The molecular weight excluding hydrogens is 298 g/mol. The predicted octanol–water partition coefficient (Wildman–Crippen LogP) is 4.77. The van der Waals surface area contributed by atoms with Gasteiger partial charge in [0.05, 0.1) is 17.6 Å². The van der Waals surface area contributed by atoms with Gasteiger partial charge in [-0.1, -0.05) is 6.07 Å². The Morgan fingerprint density at radius 2 is 1.95 bits per heavy atom. The first kappa shape index (κ1) is 14.6. The van der Waals surface area contributed by atoms with E-state index in [1.165, 1.54) is 12.1 Å². The van der Waals surface area contributed by atoms with Gasteiger partial charge >= 0.3 is 6.18 Å². The molecule has 0 saturated heterocycles. The molecule has 0 aliphatic carbocycles. The molecule has 0 unspecified atom stereocenters. The van der Waals surface area contributed by atoms with Crippen molar-refractivity contribution in [2.24, 2.45) is 0 Å². The zero-order chi connectivity index (χ0) is 14.8. The van der Waals surface area contributed by atoms with Crippen molar-refractivity contribution in [3.63, 3.8) is 0 Å². The van der Waals surface area contributed by atoms with Crippen LogP contribution in [0.2, 0.25) is 0 Å². The molecule has 0 radical (unpaired) electrons. The second-order valence-electron chi connectivity index (χ2n) is 3.88. The van der Waals surface area contributed by atoms with E-state index in [1.54, 1.807) is 0 Å². The second-order valence-corrected chi connectivity index (χ2v) is 4.15. The fourth-order valence-electron chi connectivity index (χ4n) is 1.50. The van der Waals surface area contributed by atoms with Gasteiger partial charge in [-0.05, 0) is 24.3 Å². The number of nitrogens with zero attached hydrogens (tertiary/aromatic N) is 1. The number of rotatable bonds is 3. The number of hydrogen-bond donors (Lipinski definition) is 0. The van der Waals surface area contributed by atoms with E-state index in [9.17, 15) is 17.6 Å². The Balaban J connectivity index is 2.31. The van der Waals surface area contributed by atoms with Gasteiger partial charge in [-0.2, -0.15) is 13.2 Å². The molecule has 0 spiro atoms. The third-order valence-corrected chi connectivity index (χ3v) is 2.70. The molecule has 106 valence electrons. The summed E-state index contributed by atoms with van der Waals surface area (Å²) in [6, 6.07) is 5.43. The van der Waals surface area contributed by atoms with Gasteiger partial charge in [0, 0.05) is 5.56 Å². The van der Waals surface area contributed by atoms with Crippen LogP contribution in [-0.2, 0) is 12.1 Å². The number of alkyl halides is 4. The summed E-state index contributed by atoms with van der Waals surface area (Å²) in [5.41, 5.74) is -0.589. The molecule has 1 heterocycles. The molecule has 0 fully saturated rings. The van der Waals surface area contributed by atoms with Crippen LogP contribution in [0.1, 0.15) is 11.1 Å². The van der Waals surface area contributed by atoms with E-state index in [1.807, 2.05) is 0 Å². The van der Waals surface area contributed by atoms with E-state index in [2.05, 4.69) is 4.98 Å². The molecule has 0 saturated carbocycles. The number of benzene rings is 1. The molecule has 7 heteroatoms. The maximum absolute atomic E-state index is 13.0. The standard InChI is InChI=1S/C13H8ClF4NO/c14-6-8-4-10(15)7-19-12(8)20-11-3-1-2-9(5-11)13(16,17)18/h1-5,7H,6H2. The Hall–Kier alpha value is -1.82. The van der Waals surface area contributed by atoms with Crippen LogP contribution >= 0.6 is 11.6 Å². The van der Waals surface area contributed by atoms with Gasteiger partial charge in [0.15, 0.2) is 0 Å². The molecule has 2 nitrogen and oxygen atoms in total. The number of hydrogen-bond acceptors (Lipinski definition) is 2. The molecule has 1 aromatic heterocycles. The molecular formula is C13H8ClF4NO. The molecule has 0 bridgehead atoms. The Morgan fingerprint density at radius 1 is 1.20 bits per heavy atom. The number of halogens is 5. The SMILES string of the molecule is Fc1cnc(Oc2cccc(C(F)(F)F)c2)c(CCl)c1. The molecule has 0 N–H and O–H groups in total. The van der Waals surface area contributed by atoms with E-state index in [-0.39, 0.29) is 23.1 Å². The van der Waals surface area contributed by atoms with Crippen molar-refractivity contribution in [3.8, 4) is 11.6 Å². The summed E-state index contributed by atoms with van der Waals surface area (Å²) in [6.45, 7) is 0. The van der Waals surface area contributed by atoms with Gasteiger partial charge in [-0.3, -0.25) is 0 Å². The summed E-state index contributed by atoms with van der Waals surface area (Å²) < 4.78 is 55.9. The van der Waals surface area contributed by atoms with Crippen molar-refractivity contribution >= 4 is 11.6 Å². The van der Waals surface area contributed by atoms with E-state index >= 15 is 0 Å². The van der Waals surface area contributed by atoms with Crippen LogP contribution in [0.25, 0.3) is 0 Å². The van der Waals surface area contributed by atoms with Gasteiger partial charge in [0.25, 0.3) is 0 Å². The summed E-state index contributed by atoms with van der Waals surface area (Å²) >= 11 is 5.61. The summed E-state index contributed by atoms with van der Waals surface area (Å²) in [5.74, 6) is -0.748. The Morgan fingerprint density at radius 3 is 2.60 bits per heavy atom. The van der Waals surface area contributed by atoms with Crippen LogP contribution in [0.4, 0.5) is 17.6 Å². The minimum atomic E-state index is -4.47. The smallest absolute Gasteiger partial charge is 0.416 e. The maximum atomic E-state index is 13.0. The average Bonchev–Trinajstić information content (AvgIpc) is 2.40. The zero-order valence-electron chi connectivity index (χ0n) is 9.92. The molecule has 2 rings (SSSR count). The third-order valence-electron chi connectivity index (χ3n) is 2.41. The normalized spacial score (nSPS) is 11.4. The van der Waals surface area contributed by atoms with Crippen LogP contribution in [0.15, 0.2) is 36.5 Å². The molecule has 2 aromatic rings. The lowest BCUT2D eigenvalue weighted by Gasteiger charge is -2.11. The fraction of sp³-hybridized carbons (Fsp3) is 0.154. The largest absolute Gasteiger partial charge is 0.439 e. The summed E-state index contributed by atoms with van der Waals surface area (Å²) in [7, 11) is 0. The van der Waals surface area contributed by atoms with Gasteiger partial charge in [-0.15, -0.1) is 11.6 Å². The minimum absolute atomic E-state index is 0.0271. The van der Waals surface area contributed by atoms with Crippen molar-refractivity contribution in [2.45, 2.75) is 12.1 Å². The summed E-state index contributed by atoms with van der Waals surface area (Å²) in [4.78, 5) is 3.67. The highest BCUT2D eigenvalue weighted by atomic mass is 35.5. The number of ether oxygens (including phenoxy) is 1. The van der Waals surface area contributed by atoms with Gasteiger partial charge < -0.3 is 4.74 Å². The Labute approximate surface area is 117 Å². The lowest BCUT2D eigenvalue weighted by Crippen LogP contribution is -2.04. The molecule has 0 aliphatic heterocycles. The summed E-state index contributed by atoms with van der Waals surface area (Å²) in [5, 5.41) is 0. The van der Waals surface area contributed by atoms with E-state index in [0.29, 0.717) is 0 Å². The van der Waals surface area contributed by atoms with Crippen molar-refractivity contribution in [3.05, 3.63) is 53.5 Å². The van der Waals surface area contributed by atoms with E-state index in [4.69, 9.17) is 16.3 Å². The topological polar surface area (TPSA) is 22.1 Å². The highest BCUT2D eigenvalue weighted by Gasteiger charge is 2.30. The van der Waals surface area contributed by atoms with Crippen LogP contribution in [-0.4, -0.2) is 4.98 Å². The minimum Gasteiger partial charge on any atom is -0.439 e. The van der Waals surface area contributed by atoms with Crippen molar-refractivity contribution in [1.29, 1.82) is 0 Å². The first-order chi connectivity index (χ1) is 9.40. The van der Waals surface area contributed by atoms with Crippen LogP contribution in [0.5, 0.6) is 11.6 Å². The second kappa shape index (κ2) is 5.66. The quantitative estimate of drug-likeness (QED) is 0.602. The highest BCUT2D eigenvalue weighted by molar-refractivity contribution is 6.17. The number of aromatic nitrogens is 1. The van der Waals surface area contributed by atoms with Gasteiger partial charge in [0.1, 0.15) is 11.6 Å². The van der Waals surface area contributed by atoms with Crippen molar-refractivity contribution in [1.82, 2.24) is 4.98 Å². The fourth-order valence-corrected chi connectivity index (χ4v) is 1.70. The van der Waals surface area contributed by atoms with E-state index < -0.39 is 17.6 Å². The first-order valence-electron chi connectivity index (χ1n) is 5.45. The van der Waals surface area contributed by atoms with Crippen LogP contribution in [0, 0.1) is 5.82 Å². The van der Waals surface area contributed by atoms with Crippen LogP contribution in [0.3, 0.4) is 0 Å². The lowest BCUT2D eigenvalue weighted by molar-refractivity contribution is -0.137. The van der Waals surface area contributed by atoms with Crippen LogP contribution < -0.4 is 4.74 Å².